The number of fused-ring (bicyclic) bond motifs is 4. The summed E-state index contributed by atoms with van der Waals surface area (Å²) in [6.07, 6.45) is 0.847. The SMILES string of the molecule is C.C.CN(C)c1ccc(-c2nc(C(=O)O)c3ccccc3n2)cc1.CN(C)c1ccc(-c2nc(Cl)c3ccccc3n2)cc1.CN(C)c1ccc(-c2nc3ccccc3c(=O)[nH]2)cc1.CN(C)c1ccc(C=O)cc1.COC(=O)c1nc(-c2ccc(N(C)C)cc2)nc2ccccc12.NC(=O)c1ccccc1N.O=P(Cl)(Cl)Cl. The lowest BCUT2D eigenvalue weighted by Crippen LogP contribution is -2.12. The van der Waals surface area contributed by atoms with Crippen molar-refractivity contribution in [3.8, 4) is 45.6 Å². The highest BCUT2D eigenvalue weighted by Gasteiger charge is 2.18. The first-order valence-corrected chi connectivity index (χ1v) is 38.6. The number of primary amides is 1. The standard InChI is InChI=1S/C18H17N3O2.C17H15N3O2.C16H14ClN3.C16H15N3O.C9H11NO.C7H8N2O.2CH4.Cl3OP/c1-21(2)13-10-8-12(9-11-13)17-19-15-7-5-4-6-14(15)16(20-17)18(22)23-3;1-20(2)12-9-7-11(8-10-12)16-18-14-6-4-3-5-13(14)15(19-16)17(21)22;1-20(2)12-9-7-11(8-10-12)16-18-14-6-4-3-5-13(14)15(17)19-16;1-19(2)12-9-7-11(8-10-12)15-17-14-6-4-3-5-13(14)16(20)18-15;1-10(2)9-5-3-8(7-11)4-6-9;8-6-4-2-1-3-5(6)7(9)10;;;1-5(2,3)4/h4-11H,1-3H3;3-10H,1-2H3,(H,21,22);3-10H,1-2H3;3-10H,1-2H3,(H,17,18,20);3-7H,1-2H3;1-4H,8H2,(H2,9,10);2*1H4;. The summed E-state index contributed by atoms with van der Waals surface area (Å²) in [4.78, 5) is 100. The molecule has 4 heterocycles. The van der Waals surface area contributed by atoms with Crippen molar-refractivity contribution in [1.82, 2.24) is 39.9 Å². The number of aromatic amines is 1. The van der Waals surface area contributed by atoms with Crippen LogP contribution in [-0.4, -0.2) is 147 Å². The third-order valence-electron chi connectivity index (χ3n) is 16.3. The fourth-order valence-electron chi connectivity index (χ4n) is 10.4. The van der Waals surface area contributed by atoms with Crippen molar-refractivity contribution >= 4 is 152 Å². The Bertz CT molecular complexity index is 5640. The number of aromatic nitrogens is 8. The zero-order chi connectivity index (χ0) is 80.6. The van der Waals surface area contributed by atoms with Crippen LogP contribution in [0.25, 0.3) is 89.2 Å². The molecule has 0 atom stereocenters. The minimum atomic E-state index is -3.22. The van der Waals surface area contributed by atoms with E-state index < -0.39 is 23.0 Å². The van der Waals surface area contributed by atoms with Crippen LogP contribution in [0.3, 0.4) is 0 Å². The minimum absolute atomic E-state index is 0. The predicted molar refractivity (Wildman–Crippen MR) is 467 cm³/mol. The fraction of sp³-hybridized carbons (Fsp3) is 0.153. The van der Waals surface area contributed by atoms with Gasteiger partial charge in [0.05, 0.1) is 40.1 Å². The molecule has 113 heavy (non-hydrogen) atoms. The summed E-state index contributed by atoms with van der Waals surface area (Å²) in [5.41, 5.74) is 24.1. The van der Waals surface area contributed by atoms with E-state index in [2.05, 4.69) is 78.5 Å². The molecule has 1 amide bonds. The second-order valence-electron chi connectivity index (χ2n) is 25.1. The molecule has 14 rings (SSSR count). The third kappa shape index (κ3) is 25.6. The van der Waals surface area contributed by atoms with Gasteiger partial charge in [-0.15, -0.1) is 0 Å². The Kier molecular flexibility index (Phi) is 33.4. The molecule has 0 unspecified atom stereocenters. The molecular weight excluding hydrogens is 1530 g/mol. The molecule has 28 heteroatoms. The molecular formula is C85H88Cl4N15O8P. The van der Waals surface area contributed by atoms with Crippen molar-refractivity contribution in [2.45, 2.75) is 14.9 Å². The molecule has 4 aromatic heterocycles. The smallest absolute Gasteiger partial charge is 0.357 e. The number of carbonyl (C=O) groups is 4. The number of halogens is 4. The van der Waals surface area contributed by atoms with E-state index in [0.29, 0.717) is 66.9 Å². The van der Waals surface area contributed by atoms with E-state index >= 15 is 0 Å². The van der Waals surface area contributed by atoms with Gasteiger partial charge < -0.3 is 50.8 Å². The molecule has 10 aromatic carbocycles. The first-order valence-electron chi connectivity index (χ1n) is 33.8. The van der Waals surface area contributed by atoms with E-state index in [1.54, 1.807) is 48.5 Å². The number of nitrogens with two attached hydrogens (primary N) is 2. The Morgan fingerprint density at radius 2 is 0.743 bits per heavy atom. The molecule has 0 bridgehead atoms. The number of rotatable bonds is 13. The van der Waals surface area contributed by atoms with Crippen molar-refractivity contribution < 1.29 is 33.6 Å². The summed E-state index contributed by atoms with van der Waals surface area (Å²) in [7, 11) is 21.2. The van der Waals surface area contributed by atoms with Crippen molar-refractivity contribution in [2.75, 3.05) is 108 Å². The van der Waals surface area contributed by atoms with Crippen LogP contribution in [0.15, 0.2) is 247 Å². The molecule has 14 aromatic rings. The highest BCUT2D eigenvalue weighted by atomic mass is 36.0. The maximum atomic E-state index is 12.0. The van der Waals surface area contributed by atoms with Crippen LogP contribution in [-0.2, 0) is 9.30 Å². The maximum absolute atomic E-state index is 12.0. The molecule has 0 radical (unpaired) electrons. The number of carbonyl (C=O) groups excluding carboxylic acids is 3. The second kappa shape index (κ2) is 42.2. The highest BCUT2D eigenvalue weighted by Crippen LogP contribution is 2.61. The largest absolute Gasteiger partial charge is 0.476 e. The zero-order valence-corrected chi connectivity index (χ0v) is 66.4. The van der Waals surface area contributed by atoms with Gasteiger partial charge in [0.1, 0.15) is 17.3 Å². The van der Waals surface area contributed by atoms with Gasteiger partial charge in [0.2, 0.25) is 0 Å². The number of amides is 1. The average Bonchev–Trinajstić information content (AvgIpc) is 0.799. The summed E-state index contributed by atoms with van der Waals surface area (Å²) in [5.74, 6) is 0.173. The number of benzene rings is 10. The van der Waals surface area contributed by atoms with Crippen molar-refractivity contribution in [2.24, 2.45) is 5.73 Å². The van der Waals surface area contributed by atoms with Gasteiger partial charge in [0, 0.05) is 149 Å². The Balaban J connectivity index is 0.000000212. The van der Waals surface area contributed by atoms with E-state index in [-0.39, 0.29) is 31.8 Å². The monoisotopic (exact) mass is 1620 g/mol. The number of ether oxygens (including phenoxy) is 1. The molecule has 6 N–H and O–H groups in total. The number of aromatic carboxylic acids is 1. The molecule has 0 aliphatic heterocycles. The molecule has 0 fully saturated rings. The number of para-hydroxylation sites is 5. The van der Waals surface area contributed by atoms with Gasteiger partial charge in [-0.05, 0) is 204 Å². The van der Waals surface area contributed by atoms with E-state index in [4.69, 9.17) is 27.8 Å². The van der Waals surface area contributed by atoms with Gasteiger partial charge in [0.25, 0.3) is 11.5 Å². The average molecular weight is 1620 g/mol. The number of anilines is 6. The Morgan fingerprint density at radius 1 is 0.434 bits per heavy atom. The Morgan fingerprint density at radius 3 is 1.10 bits per heavy atom. The second-order valence-corrected chi connectivity index (χ2v) is 32.1. The Labute approximate surface area is 676 Å². The normalized spacial score (nSPS) is 10.3. The number of nitrogens with one attached hydrogen (secondary N) is 1. The number of hydrogen-bond donors (Lipinski definition) is 4. The first-order chi connectivity index (χ1) is 52.9. The van der Waals surface area contributed by atoms with Crippen LogP contribution in [0.5, 0.6) is 0 Å². The zero-order valence-electron chi connectivity index (χ0n) is 62.5. The van der Waals surface area contributed by atoms with Crippen molar-refractivity contribution in [3.05, 3.63) is 281 Å². The molecule has 0 saturated heterocycles. The van der Waals surface area contributed by atoms with Crippen LogP contribution in [0.4, 0.5) is 34.1 Å². The number of carboxylic acids is 1. The molecule has 0 spiro atoms. The summed E-state index contributed by atoms with van der Waals surface area (Å²) < 4.78 is 14.4. The van der Waals surface area contributed by atoms with Gasteiger partial charge in [0.15, 0.2) is 28.9 Å². The quantitative estimate of drug-likeness (QED) is 0.0274. The van der Waals surface area contributed by atoms with E-state index in [0.717, 1.165) is 79.0 Å². The number of methoxy groups -OCH3 is 1. The number of aldehydes is 1. The van der Waals surface area contributed by atoms with E-state index in [1.807, 2.05) is 284 Å². The first kappa shape index (κ1) is 89.5. The van der Waals surface area contributed by atoms with Crippen molar-refractivity contribution in [3.63, 3.8) is 0 Å². The maximum Gasteiger partial charge on any atom is 0.357 e. The van der Waals surface area contributed by atoms with Crippen LogP contribution in [0.2, 0.25) is 5.15 Å². The van der Waals surface area contributed by atoms with Crippen LogP contribution < -0.4 is 41.5 Å². The summed E-state index contributed by atoms with van der Waals surface area (Å²) in [6.45, 7) is 0. The van der Waals surface area contributed by atoms with Crippen molar-refractivity contribution in [1.29, 1.82) is 0 Å². The predicted octanol–water partition coefficient (Wildman–Crippen LogP) is 18.9. The Hall–Kier alpha value is -12.4. The van der Waals surface area contributed by atoms with Gasteiger partial charge >= 0.3 is 17.1 Å². The van der Waals surface area contributed by atoms with Gasteiger partial charge in [-0.25, -0.2) is 44.5 Å². The van der Waals surface area contributed by atoms with Crippen LogP contribution >= 0.6 is 50.5 Å². The summed E-state index contributed by atoms with van der Waals surface area (Å²) in [6, 6.07) is 75.4. The molecule has 0 saturated carbocycles. The lowest BCUT2D eigenvalue weighted by molar-refractivity contribution is 0.0595. The number of nitrogen functional groups attached to an aromatic ring is 1. The number of nitrogens with zero attached hydrogens (tertiary/aromatic N) is 12. The third-order valence-corrected chi connectivity index (χ3v) is 16.6. The fourth-order valence-corrected chi connectivity index (χ4v) is 10.7. The summed E-state index contributed by atoms with van der Waals surface area (Å²) in [5, 5.41) is 9.36. The number of H-pyrrole nitrogens is 1. The lowest BCUT2D eigenvalue weighted by Gasteiger charge is -2.13. The molecule has 0 aliphatic rings. The molecule has 584 valence electrons. The van der Waals surface area contributed by atoms with Gasteiger partial charge in [-0.3, -0.25) is 18.9 Å². The molecule has 0 aliphatic carbocycles. The molecule has 23 nitrogen and oxygen atoms in total. The topological polar surface area (TPSA) is 306 Å². The van der Waals surface area contributed by atoms with E-state index in [9.17, 15) is 33.6 Å². The summed E-state index contributed by atoms with van der Waals surface area (Å²) >= 11 is 20.1. The van der Waals surface area contributed by atoms with E-state index in [1.165, 1.54) is 7.11 Å². The number of esters is 1. The van der Waals surface area contributed by atoms with Gasteiger partial charge in [-0.2, -0.15) is 0 Å². The number of carboxylic acid groups (broad SMARTS) is 1. The highest BCUT2D eigenvalue weighted by molar-refractivity contribution is 8.24. The lowest BCUT2D eigenvalue weighted by atomic mass is 10.1. The van der Waals surface area contributed by atoms with Crippen LogP contribution in [0, 0.1) is 0 Å². The van der Waals surface area contributed by atoms with Gasteiger partial charge in [-0.1, -0.05) is 99.3 Å². The van der Waals surface area contributed by atoms with Crippen LogP contribution in [0.1, 0.15) is 56.5 Å². The minimum Gasteiger partial charge on any atom is -0.476 e. The number of hydrogen-bond acceptors (Lipinski definition) is 20.